The summed E-state index contributed by atoms with van der Waals surface area (Å²) in [5, 5.41) is 11.9. The molecule has 10 nitrogen and oxygen atoms in total. The quantitative estimate of drug-likeness (QED) is 0.633. The molecule has 1 aromatic heterocycles. The van der Waals surface area contributed by atoms with E-state index < -0.39 is 44.5 Å². The monoisotopic (exact) mass is 466 g/mol. The van der Waals surface area contributed by atoms with Crippen molar-refractivity contribution in [2.45, 2.75) is 65.3 Å². The first-order valence-corrected chi connectivity index (χ1v) is 11.8. The molecule has 1 unspecified atom stereocenters. The Morgan fingerprint density at radius 2 is 1.81 bits per heavy atom. The van der Waals surface area contributed by atoms with Gasteiger partial charge >= 0.3 is 11.3 Å². The largest absolute Gasteiger partial charge is 0.444 e. The summed E-state index contributed by atoms with van der Waals surface area (Å²) in [6.45, 7) is 12.5. The lowest BCUT2D eigenvalue weighted by molar-refractivity contribution is -0.113. The molecule has 1 atom stereocenters. The van der Waals surface area contributed by atoms with Crippen LogP contribution in [0, 0.1) is 19.8 Å². The number of carbonyl (C=O) groups excluding carboxylic acids is 2. The second-order valence-corrected chi connectivity index (χ2v) is 10.7. The molecule has 176 valence electrons. The molecule has 2 amide bonds. The van der Waals surface area contributed by atoms with E-state index in [4.69, 9.17) is 9.15 Å². The second kappa shape index (κ2) is 9.68. The van der Waals surface area contributed by atoms with Gasteiger partial charge in [0.1, 0.15) is 17.4 Å². The average molecular weight is 467 g/mol. The summed E-state index contributed by atoms with van der Waals surface area (Å²) in [6, 6.07) is 4.57. The summed E-state index contributed by atoms with van der Waals surface area (Å²) in [4.78, 5) is 24.5. The topological polar surface area (TPSA) is 140 Å². The van der Waals surface area contributed by atoms with Gasteiger partial charge in [-0.15, -0.1) is 5.10 Å². The molecule has 2 rings (SSSR count). The van der Waals surface area contributed by atoms with Crippen LogP contribution in [0.15, 0.2) is 27.8 Å². The van der Waals surface area contributed by atoms with E-state index >= 15 is 0 Å². The summed E-state index contributed by atoms with van der Waals surface area (Å²) in [5.41, 5.74) is 1.62. The smallest absolute Gasteiger partial charge is 0.408 e. The van der Waals surface area contributed by atoms with Crippen molar-refractivity contribution in [3.05, 3.63) is 35.2 Å². The normalized spacial score (nSPS) is 13.0. The number of sulfone groups is 1. The van der Waals surface area contributed by atoms with Gasteiger partial charge in [0.05, 0.1) is 0 Å². The highest BCUT2D eigenvalue weighted by molar-refractivity contribution is 7.91. The van der Waals surface area contributed by atoms with Gasteiger partial charge in [-0.2, -0.15) is 0 Å². The third-order valence-corrected chi connectivity index (χ3v) is 5.83. The zero-order chi connectivity index (χ0) is 24.3. The Morgan fingerprint density at radius 3 is 2.41 bits per heavy atom. The summed E-state index contributed by atoms with van der Waals surface area (Å²) in [6.07, 6.45) is -0.702. The van der Waals surface area contributed by atoms with E-state index in [-0.39, 0.29) is 11.8 Å². The fourth-order valence-corrected chi connectivity index (χ4v) is 3.65. The fourth-order valence-electron chi connectivity index (χ4n) is 2.73. The molecule has 1 heterocycles. The number of anilines is 1. The molecule has 0 aliphatic carbocycles. The number of aromatic nitrogens is 2. The highest BCUT2D eigenvalue weighted by atomic mass is 32.2. The van der Waals surface area contributed by atoms with E-state index in [1.54, 1.807) is 46.8 Å². The number of nitrogens with one attached hydrogen (secondary N) is 2. The van der Waals surface area contributed by atoms with Crippen LogP contribution in [0.1, 0.15) is 57.7 Å². The van der Waals surface area contributed by atoms with E-state index in [2.05, 4.69) is 20.8 Å². The van der Waals surface area contributed by atoms with Gasteiger partial charge in [-0.05, 0) is 57.7 Å². The standard InChI is InChI=1S/C21H30N4O6S/c1-12(2)17(23-19(27)31-21(5,6)7)18-24-25-20(30-18)32(28,29)11-16(26)22-15-10-8-9-13(3)14(15)4/h8-10,12,17H,11H2,1-7H3,(H,22,26)(H,23,27). The van der Waals surface area contributed by atoms with Crippen LogP contribution < -0.4 is 10.6 Å². The molecule has 2 N–H and O–H groups in total. The number of ether oxygens (including phenoxy) is 1. The Balaban J connectivity index is 2.14. The Labute approximate surface area is 188 Å². The zero-order valence-corrected chi connectivity index (χ0v) is 20.2. The van der Waals surface area contributed by atoms with Crippen LogP contribution in [0.3, 0.4) is 0 Å². The predicted octanol–water partition coefficient (Wildman–Crippen LogP) is 3.32. The third-order valence-electron chi connectivity index (χ3n) is 4.49. The number of benzene rings is 1. The van der Waals surface area contributed by atoms with Crippen molar-refractivity contribution in [2.75, 3.05) is 11.1 Å². The summed E-state index contributed by atoms with van der Waals surface area (Å²) in [5.74, 6) is -1.90. The van der Waals surface area contributed by atoms with Crippen molar-refractivity contribution in [1.82, 2.24) is 15.5 Å². The highest BCUT2D eigenvalue weighted by Crippen LogP contribution is 2.23. The zero-order valence-electron chi connectivity index (χ0n) is 19.3. The molecule has 1 aromatic carbocycles. The summed E-state index contributed by atoms with van der Waals surface area (Å²) < 4.78 is 35.8. The van der Waals surface area contributed by atoms with Crippen molar-refractivity contribution < 1.29 is 27.2 Å². The lowest BCUT2D eigenvalue weighted by atomic mass is 10.1. The predicted molar refractivity (Wildman–Crippen MR) is 118 cm³/mol. The van der Waals surface area contributed by atoms with Gasteiger partial charge in [-0.3, -0.25) is 4.79 Å². The molecule has 0 radical (unpaired) electrons. The molecular weight excluding hydrogens is 436 g/mol. The van der Waals surface area contributed by atoms with E-state index in [0.717, 1.165) is 11.1 Å². The maximum absolute atomic E-state index is 12.6. The van der Waals surface area contributed by atoms with Crippen molar-refractivity contribution in [3.8, 4) is 0 Å². The van der Waals surface area contributed by atoms with Crippen LogP contribution in [0.4, 0.5) is 10.5 Å². The number of nitrogens with zero attached hydrogens (tertiary/aromatic N) is 2. The molecule has 0 saturated heterocycles. The van der Waals surface area contributed by atoms with Gasteiger partial charge in [0.25, 0.3) is 0 Å². The van der Waals surface area contributed by atoms with Crippen molar-refractivity contribution in [1.29, 1.82) is 0 Å². The molecule has 0 spiro atoms. The first-order chi connectivity index (χ1) is 14.7. The van der Waals surface area contributed by atoms with E-state index in [1.807, 2.05) is 19.9 Å². The first-order valence-electron chi connectivity index (χ1n) is 10.1. The van der Waals surface area contributed by atoms with Crippen molar-refractivity contribution in [2.24, 2.45) is 5.92 Å². The van der Waals surface area contributed by atoms with Crippen LogP contribution in [0.25, 0.3) is 0 Å². The second-order valence-electron chi connectivity index (χ2n) is 8.83. The number of carbonyl (C=O) groups is 2. The number of alkyl carbamates (subject to hydrolysis) is 1. The molecule has 11 heteroatoms. The maximum Gasteiger partial charge on any atom is 0.408 e. The Hall–Kier alpha value is -2.95. The van der Waals surface area contributed by atoms with Gasteiger partial charge in [-0.1, -0.05) is 31.1 Å². The minimum atomic E-state index is -4.19. The third kappa shape index (κ3) is 6.78. The highest BCUT2D eigenvalue weighted by Gasteiger charge is 2.31. The molecule has 0 aliphatic heterocycles. The number of hydrogen-bond acceptors (Lipinski definition) is 8. The molecule has 0 fully saturated rings. The molecule has 0 bridgehead atoms. The Morgan fingerprint density at radius 1 is 1.16 bits per heavy atom. The van der Waals surface area contributed by atoms with E-state index in [0.29, 0.717) is 5.69 Å². The maximum atomic E-state index is 12.6. The average Bonchev–Trinajstić information content (AvgIpc) is 3.12. The van der Waals surface area contributed by atoms with Crippen LogP contribution in [-0.2, 0) is 19.4 Å². The molecular formula is C21H30N4O6S. The fraction of sp³-hybridized carbons (Fsp3) is 0.524. The van der Waals surface area contributed by atoms with Gasteiger partial charge < -0.3 is 19.8 Å². The molecule has 0 aliphatic rings. The number of aryl methyl sites for hydroxylation is 1. The van der Waals surface area contributed by atoms with E-state index in [9.17, 15) is 18.0 Å². The molecule has 32 heavy (non-hydrogen) atoms. The first kappa shape index (κ1) is 25.3. The minimum absolute atomic E-state index is 0.0978. The Kier molecular flexibility index (Phi) is 7.66. The minimum Gasteiger partial charge on any atom is -0.444 e. The van der Waals surface area contributed by atoms with Gasteiger partial charge in [-0.25, -0.2) is 13.2 Å². The summed E-state index contributed by atoms with van der Waals surface area (Å²) in [7, 11) is -4.19. The Bertz CT molecular complexity index is 1090. The molecule has 2 aromatic rings. The summed E-state index contributed by atoms with van der Waals surface area (Å²) >= 11 is 0. The van der Waals surface area contributed by atoms with Crippen LogP contribution >= 0.6 is 0 Å². The molecule has 0 saturated carbocycles. The number of amides is 2. The van der Waals surface area contributed by atoms with Gasteiger partial charge in [0, 0.05) is 5.69 Å². The van der Waals surface area contributed by atoms with Crippen molar-refractivity contribution in [3.63, 3.8) is 0 Å². The van der Waals surface area contributed by atoms with Crippen LogP contribution in [0.2, 0.25) is 0 Å². The van der Waals surface area contributed by atoms with Crippen molar-refractivity contribution >= 4 is 27.5 Å². The van der Waals surface area contributed by atoms with Gasteiger partial charge in [0.15, 0.2) is 0 Å². The SMILES string of the molecule is Cc1cccc(NC(=O)CS(=O)(=O)c2nnc(C(NC(=O)OC(C)(C)C)C(C)C)o2)c1C. The lowest BCUT2D eigenvalue weighted by Crippen LogP contribution is -2.37. The van der Waals surface area contributed by atoms with Crippen LogP contribution in [-0.4, -0.2) is 42.0 Å². The number of rotatable bonds is 7. The lowest BCUT2D eigenvalue weighted by Gasteiger charge is -2.23. The van der Waals surface area contributed by atoms with Crippen LogP contribution in [0.5, 0.6) is 0 Å². The number of hydrogen-bond donors (Lipinski definition) is 2. The van der Waals surface area contributed by atoms with E-state index in [1.165, 1.54) is 0 Å². The van der Waals surface area contributed by atoms with Gasteiger partial charge in [0.2, 0.25) is 21.6 Å².